The zero-order valence-corrected chi connectivity index (χ0v) is 12.1. The average Bonchev–Trinajstić information content (AvgIpc) is 2.32. The molecule has 1 saturated heterocycles. The Morgan fingerprint density at radius 3 is 2.11 bits per heavy atom. The molecular formula is C16H25NO. The molecule has 2 nitrogen and oxygen atoms in total. The summed E-state index contributed by atoms with van der Waals surface area (Å²) in [7, 11) is 2.17. The van der Waals surface area contributed by atoms with Gasteiger partial charge in [-0.05, 0) is 43.0 Å². The predicted molar refractivity (Wildman–Crippen MR) is 76.3 cm³/mol. The summed E-state index contributed by atoms with van der Waals surface area (Å²) in [5.41, 5.74) is 1.57. The van der Waals surface area contributed by atoms with Crippen LogP contribution in [0.5, 0.6) is 5.75 Å². The van der Waals surface area contributed by atoms with Crippen LogP contribution in [0.3, 0.4) is 0 Å². The van der Waals surface area contributed by atoms with Gasteiger partial charge in [0.2, 0.25) is 0 Å². The van der Waals surface area contributed by atoms with Crippen LogP contribution in [-0.2, 0) is 5.41 Å². The molecular weight excluding hydrogens is 222 g/mol. The summed E-state index contributed by atoms with van der Waals surface area (Å²) >= 11 is 0. The highest BCUT2D eigenvalue weighted by molar-refractivity contribution is 5.31. The molecule has 1 aliphatic rings. The number of hydrogen-bond acceptors (Lipinski definition) is 2. The third-order valence-electron chi connectivity index (χ3n) is 3.69. The Morgan fingerprint density at radius 2 is 1.61 bits per heavy atom. The third-order valence-corrected chi connectivity index (χ3v) is 3.69. The molecule has 0 spiro atoms. The van der Waals surface area contributed by atoms with E-state index in [1.54, 1.807) is 0 Å². The molecule has 2 heteroatoms. The number of nitrogens with zero attached hydrogens (tertiary/aromatic N) is 1. The van der Waals surface area contributed by atoms with E-state index in [0.717, 1.165) is 31.7 Å². The fraction of sp³-hybridized carbons (Fsp3) is 0.625. The van der Waals surface area contributed by atoms with E-state index in [0.29, 0.717) is 6.10 Å². The van der Waals surface area contributed by atoms with Crippen LogP contribution < -0.4 is 4.74 Å². The molecule has 0 bridgehead atoms. The molecule has 1 aromatic rings. The van der Waals surface area contributed by atoms with Crippen molar-refractivity contribution in [2.45, 2.75) is 45.1 Å². The number of likely N-dealkylation sites (tertiary alicyclic amines) is 1. The summed E-state index contributed by atoms with van der Waals surface area (Å²) in [6.45, 7) is 9.00. The summed E-state index contributed by atoms with van der Waals surface area (Å²) in [5.74, 6) is 1.01. The maximum atomic E-state index is 6.04. The maximum absolute atomic E-state index is 6.04. The van der Waals surface area contributed by atoms with Gasteiger partial charge in [-0.3, -0.25) is 0 Å². The molecule has 2 rings (SSSR count). The summed E-state index contributed by atoms with van der Waals surface area (Å²) in [6.07, 6.45) is 2.66. The SMILES string of the molecule is CN1CCC(Oc2ccc(C(C)(C)C)cc2)CC1. The van der Waals surface area contributed by atoms with Crippen LogP contribution in [0.2, 0.25) is 0 Å². The monoisotopic (exact) mass is 247 g/mol. The molecule has 1 heterocycles. The van der Waals surface area contributed by atoms with Gasteiger partial charge in [-0.25, -0.2) is 0 Å². The van der Waals surface area contributed by atoms with Crippen molar-refractivity contribution in [3.05, 3.63) is 29.8 Å². The van der Waals surface area contributed by atoms with E-state index in [1.165, 1.54) is 5.56 Å². The molecule has 0 atom stereocenters. The van der Waals surface area contributed by atoms with Crippen molar-refractivity contribution in [1.29, 1.82) is 0 Å². The molecule has 1 aromatic carbocycles. The maximum Gasteiger partial charge on any atom is 0.119 e. The largest absolute Gasteiger partial charge is 0.490 e. The summed E-state index contributed by atoms with van der Waals surface area (Å²) in [5, 5.41) is 0. The second-order valence-electron chi connectivity index (χ2n) is 6.39. The van der Waals surface area contributed by atoms with Crippen LogP contribution in [0.15, 0.2) is 24.3 Å². The topological polar surface area (TPSA) is 12.5 Å². The van der Waals surface area contributed by atoms with Crippen molar-refractivity contribution < 1.29 is 4.74 Å². The molecule has 1 fully saturated rings. The van der Waals surface area contributed by atoms with E-state index < -0.39 is 0 Å². The standard InChI is InChI=1S/C16H25NO/c1-16(2,3)13-5-7-14(8-6-13)18-15-9-11-17(4)12-10-15/h5-8,15H,9-12H2,1-4H3. The second kappa shape index (κ2) is 5.31. The van der Waals surface area contributed by atoms with E-state index >= 15 is 0 Å². The zero-order chi connectivity index (χ0) is 13.2. The highest BCUT2D eigenvalue weighted by Crippen LogP contribution is 2.25. The normalized spacial score (nSPS) is 18.9. The van der Waals surface area contributed by atoms with Gasteiger partial charge in [0.15, 0.2) is 0 Å². The van der Waals surface area contributed by atoms with Gasteiger partial charge in [0.1, 0.15) is 11.9 Å². The molecule has 0 radical (unpaired) electrons. The Bertz CT molecular complexity index is 369. The predicted octanol–water partition coefficient (Wildman–Crippen LogP) is 3.46. The Morgan fingerprint density at radius 1 is 1.06 bits per heavy atom. The minimum absolute atomic E-state index is 0.214. The van der Waals surface area contributed by atoms with Gasteiger partial charge in [-0.15, -0.1) is 0 Å². The highest BCUT2D eigenvalue weighted by Gasteiger charge is 2.18. The van der Waals surface area contributed by atoms with Gasteiger partial charge in [-0.1, -0.05) is 32.9 Å². The number of ether oxygens (including phenoxy) is 1. The van der Waals surface area contributed by atoms with Gasteiger partial charge >= 0.3 is 0 Å². The fourth-order valence-corrected chi connectivity index (χ4v) is 2.33. The van der Waals surface area contributed by atoms with Crippen LogP contribution in [0.4, 0.5) is 0 Å². The number of piperidine rings is 1. The third kappa shape index (κ3) is 3.49. The van der Waals surface area contributed by atoms with Crippen molar-refractivity contribution in [3.8, 4) is 5.75 Å². The number of rotatable bonds is 2. The second-order valence-corrected chi connectivity index (χ2v) is 6.39. The van der Waals surface area contributed by atoms with Crippen LogP contribution in [0.25, 0.3) is 0 Å². The lowest BCUT2D eigenvalue weighted by Gasteiger charge is -2.29. The van der Waals surface area contributed by atoms with Crippen LogP contribution >= 0.6 is 0 Å². The highest BCUT2D eigenvalue weighted by atomic mass is 16.5. The van der Waals surface area contributed by atoms with Gasteiger partial charge in [-0.2, -0.15) is 0 Å². The Labute approximate surface area is 111 Å². The molecule has 1 aliphatic heterocycles. The molecule has 0 saturated carbocycles. The molecule has 18 heavy (non-hydrogen) atoms. The summed E-state index contributed by atoms with van der Waals surface area (Å²) < 4.78 is 6.04. The van der Waals surface area contributed by atoms with Crippen molar-refractivity contribution in [2.75, 3.05) is 20.1 Å². The first kappa shape index (κ1) is 13.4. The summed E-state index contributed by atoms with van der Waals surface area (Å²) in [4.78, 5) is 2.36. The van der Waals surface area contributed by atoms with Crippen LogP contribution in [0, 0.1) is 0 Å². The van der Waals surface area contributed by atoms with E-state index in [4.69, 9.17) is 4.74 Å². The lowest BCUT2D eigenvalue weighted by molar-refractivity contribution is 0.114. The van der Waals surface area contributed by atoms with E-state index in [1.807, 2.05) is 0 Å². The molecule has 0 amide bonds. The van der Waals surface area contributed by atoms with Gasteiger partial charge in [0.25, 0.3) is 0 Å². The molecule has 100 valence electrons. The van der Waals surface area contributed by atoms with Gasteiger partial charge in [0.05, 0.1) is 0 Å². The molecule has 0 aromatic heterocycles. The smallest absolute Gasteiger partial charge is 0.119 e. The quantitative estimate of drug-likeness (QED) is 0.793. The van der Waals surface area contributed by atoms with Crippen LogP contribution in [0.1, 0.15) is 39.2 Å². The number of benzene rings is 1. The first-order valence-corrected chi connectivity index (χ1v) is 6.91. The first-order chi connectivity index (χ1) is 8.45. The van der Waals surface area contributed by atoms with E-state index in [-0.39, 0.29) is 5.41 Å². The fourth-order valence-electron chi connectivity index (χ4n) is 2.33. The lowest BCUT2D eigenvalue weighted by atomic mass is 9.87. The van der Waals surface area contributed by atoms with Crippen LogP contribution in [-0.4, -0.2) is 31.1 Å². The number of hydrogen-bond donors (Lipinski definition) is 0. The van der Waals surface area contributed by atoms with Crippen molar-refractivity contribution in [3.63, 3.8) is 0 Å². The summed E-state index contributed by atoms with van der Waals surface area (Å²) in [6, 6.07) is 8.59. The van der Waals surface area contributed by atoms with Gasteiger partial charge < -0.3 is 9.64 Å². The Kier molecular flexibility index (Phi) is 3.96. The van der Waals surface area contributed by atoms with Crippen molar-refractivity contribution >= 4 is 0 Å². The first-order valence-electron chi connectivity index (χ1n) is 6.91. The van der Waals surface area contributed by atoms with E-state index in [9.17, 15) is 0 Å². The van der Waals surface area contributed by atoms with Crippen molar-refractivity contribution in [1.82, 2.24) is 4.90 Å². The van der Waals surface area contributed by atoms with Crippen molar-refractivity contribution in [2.24, 2.45) is 0 Å². The molecule has 0 aliphatic carbocycles. The average molecular weight is 247 g/mol. The van der Waals surface area contributed by atoms with E-state index in [2.05, 4.69) is 57.0 Å². The van der Waals surface area contributed by atoms with Gasteiger partial charge in [0, 0.05) is 13.1 Å². The minimum atomic E-state index is 0.214. The molecule has 0 unspecified atom stereocenters. The lowest BCUT2D eigenvalue weighted by Crippen LogP contribution is -2.35. The minimum Gasteiger partial charge on any atom is -0.490 e. The Balaban J connectivity index is 1.94. The zero-order valence-electron chi connectivity index (χ0n) is 12.1. The Hall–Kier alpha value is -1.02. The molecule has 0 N–H and O–H groups in total.